The first-order chi connectivity index (χ1) is 11.9. The van der Waals surface area contributed by atoms with Crippen molar-refractivity contribution in [3.05, 3.63) is 64.7 Å². The first-order valence-electron chi connectivity index (χ1n) is 7.50. The van der Waals surface area contributed by atoms with Crippen molar-refractivity contribution in [2.75, 3.05) is 11.9 Å². The fourth-order valence-electron chi connectivity index (χ4n) is 2.72. The molecule has 0 saturated carbocycles. The monoisotopic (exact) mass is 365 g/mol. The molecule has 0 spiro atoms. The fourth-order valence-corrected chi connectivity index (χ4v) is 2.88. The molecule has 0 bridgehead atoms. The number of urea groups is 1. The zero-order chi connectivity index (χ0) is 18.0. The van der Waals surface area contributed by atoms with E-state index in [-0.39, 0.29) is 17.1 Å². The van der Waals surface area contributed by atoms with Crippen LogP contribution in [0, 0.1) is 11.6 Å². The van der Waals surface area contributed by atoms with Gasteiger partial charge in [-0.2, -0.15) is 0 Å². The van der Waals surface area contributed by atoms with E-state index in [1.807, 2.05) is 0 Å². The number of nitrogens with one attached hydrogen (secondary N) is 3. The second-order valence-corrected chi connectivity index (χ2v) is 6.04. The lowest BCUT2D eigenvalue weighted by Crippen LogP contribution is -2.44. The Kier molecular flexibility index (Phi) is 4.85. The smallest absolute Gasteiger partial charge is 0.319 e. The van der Waals surface area contributed by atoms with Crippen LogP contribution in [0.2, 0.25) is 5.02 Å². The maximum Gasteiger partial charge on any atom is 0.319 e. The average Bonchev–Trinajstić information content (AvgIpc) is 2.91. The highest BCUT2D eigenvalue weighted by molar-refractivity contribution is 6.30. The largest absolute Gasteiger partial charge is 0.354 e. The Morgan fingerprint density at radius 2 is 1.88 bits per heavy atom. The zero-order valence-electron chi connectivity index (χ0n) is 12.9. The summed E-state index contributed by atoms with van der Waals surface area (Å²) < 4.78 is 27.0. The molecule has 0 unspecified atom stereocenters. The highest BCUT2D eigenvalue weighted by atomic mass is 35.5. The second-order valence-electron chi connectivity index (χ2n) is 5.60. The molecule has 2 aromatic carbocycles. The molecule has 1 aliphatic rings. The topological polar surface area (TPSA) is 70.2 Å². The number of carbonyl (C=O) groups is 2. The van der Waals surface area contributed by atoms with Crippen molar-refractivity contribution < 1.29 is 18.4 Å². The highest BCUT2D eigenvalue weighted by Crippen LogP contribution is 2.28. The number of carbonyl (C=O) groups excluding carboxylic acids is 2. The van der Waals surface area contributed by atoms with E-state index >= 15 is 0 Å². The van der Waals surface area contributed by atoms with Crippen molar-refractivity contribution in [3.63, 3.8) is 0 Å². The summed E-state index contributed by atoms with van der Waals surface area (Å²) in [7, 11) is 0. The SMILES string of the molecule is O=C(Nc1ccc(F)cc1)N[C@@H]1C(=O)NC[C@H]1c1ccc(Cl)cc1F. The van der Waals surface area contributed by atoms with Crippen LogP contribution in [0.25, 0.3) is 0 Å². The van der Waals surface area contributed by atoms with Gasteiger partial charge in [0.2, 0.25) is 5.91 Å². The minimum absolute atomic E-state index is 0.193. The molecule has 1 heterocycles. The van der Waals surface area contributed by atoms with E-state index in [1.54, 1.807) is 0 Å². The maximum atomic E-state index is 14.1. The van der Waals surface area contributed by atoms with Gasteiger partial charge in [-0.15, -0.1) is 0 Å². The van der Waals surface area contributed by atoms with Crippen molar-refractivity contribution in [2.45, 2.75) is 12.0 Å². The molecule has 25 heavy (non-hydrogen) atoms. The van der Waals surface area contributed by atoms with Gasteiger partial charge < -0.3 is 16.0 Å². The Balaban J connectivity index is 1.73. The van der Waals surface area contributed by atoms with Crippen molar-refractivity contribution in [2.24, 2.45) is 0 Å². The van der Waals surface area contributed by atoms with E-state index in [4.69, 9.17) is 11.6 Å². The van der Waals surface area contributed by atoms with Crippen molar-refractivity contribution >= 4 is 29.2 Å². The van der Waals surface area contributed by atoms with E-state index in [1.165, 1.54) is 36.4 Å². The predicted octanol–water partition coefficient (Wildman–Crippen LogP) is 3.02. The lowest BCUT2D eigenvalue weighted by molar-refractivity contribution is -0.120. The van der Waals surface area contributed by atoms with Gasteiger partial charge in [0.05, 0.1) is 0 Å². The van der Waals surface area contributed by atoms with Gasteiger partial charge in [-0.05, 0) is 42.0 Å². The van der Waals surface area contributed by atoms with E-state index in [0.29, 0.717) is 5.69 Å². The minimum Gasteiger partial charge on any atom is -0.354 e. The summed E-state index contributed by atoms with van der Waals surface area (Å²) in [5.41, 5.74) is 0.654. The van der Waals surface area contributed by atoms with Crippen LogP contribution < -0.4 is 16.0 Å². The quantitative estimate of drug-likeness (QED) is 0.782. The molecule has 0 aromatic heterocycles. The number of anilines is 1. The predicted molar refractivity (Wildman–Crippen MR) is 89.5 cm³/mol. The third-order valence-corrected chi connectivity index (χ3v) is 4.17. The molecule has 1 fully saturated rings. The molecular formula is C17H14ClF2N3O2. The summed E-state index contributed by atoms with van der Waals surface area (Å²) in [4.78, 5) is 24.1. The number of amides is 3. The van der Waals surface area contributed by atoms with E-state index in [2.05, 4.69) is 16.0 Å². The van der Waals surface area contributed by atoms with Crippen LogP contribution in [-0.4, -0.2) is 24.5 Å². The Hall–Kier alpha value is -2.67. The molecule has 2 atom stereocenters. The molecule has 3 N–H and O–H groups in total. The normalized spacial score (nSPS) is 19.4. The Morgan fingerprint density at radius 1 is 1.16 bits per heavy atom. The Bertz CT molecular complexity index is 814. The van der Waals surface area contributed by atoms with Gasteiger partial charge in [0.15, 0.2) is 0 Å². The maximum absolute atomic E-state index is 14.1. The number of benzene rings is 2. The molecule has 2 aromatic rings. The highest BCUT2D eigenvalue weighted by Gasteiger charge is 2.38. The summed E-state index contributed by atoms with van der Waals surface area (Å²) in [5, 5.41) is 7.88. The van der Waals surface area contributed by atoms with Crippen LogP contribution in [0.1, 0.15) is 11.5 Å². The molecule has 1 aliphatic heterocycles. The van der Waals surface area contributed by atoms with Crippen LogP contribution >= 0.6 is 11.6 Å². The van der Waals surface area contributed by atoms with Gasteiger partial charge in [0.25, 0.3) is 0 Å². The number of rotatable bonds is 3. The lowest BCUT2D eigenvalue weighted by atomic mass is 9.93. The Labute approximate surface area is 147 Å². The molecule has 0 radical (unpaired) electrons. The first kappa shape index (κ1) is 17.2. The summed E-state index contributed by atoms with van der Waals surface area (Å²) in [6.07, 6.45) is 0. The van der Waals surface area contributed by atoms with Gasteiger partial charge in [-0.25, -0.2) is 13.6 Å². The van der Waals surface area contributed by atoms with Gasteiger partial charge in [0.1, 0.15) is 17.7 Å². The fraction of sp³-hybridized carbons (Fsp3) is 0.176. The lowest BCUT2D eigenvalue weighted by Gasteiger charge is -2.19. The van der Waals surface area contributed by atoms with Crippen LogP contribution in [0.5, 0.6) is 0 Å². The average molecular weight is 366 g/mol. The molecule has 130 valence electrons. The molecule has 5 nitrogen and oxygen atoms in total. The number of hydrogen-bond donors (Lipinski definition) is 3. The zero-order valence-corrected chi connectivity index (χ0v) is 13.6. The third kappa shape index (κ3) is 3.88. The number of halogens is 3. The van der Waals surface area contributed by atoms with Crippen LogP contribution in [-0.2, 0) is 4.79 Å². The van der Waals surface area contributed by atoms with E-state index < -0.39 is 35.5 Å². The van der Waals surface area contributed by atoms with Gasteiger partial charge in [-0.1, -0.05) is 17.7 Å². The van der Waals surface area contributed by atoms with Crippen molar-refractivity contribution in [1.82, 2.24) is 10.6 Å². The first-order valence-corrected chi connectivity index (χ1v) is 7.87. The molecule has 3 amide bonds. The standard InChI is InChI=1S/C17H14ClF2N3O2/c18-9-1-6-12(14(20)7-9)13-8-21-16(24)15(13)23-17(25)22-11-4-2-10(19)3-5-11/h1-7,13,15H,8H2,(H,21,24)(H2,22,23,25)/t13-,15-/m0/s1. The van der Waals surface area contributed by atoms with Gasteiger partial charge >= 0.3 is 6.03 Å². The van der Waals surface area contributed by atoms with Crippen molar-refractivity contribution in [3.8, 4) is 0 Å². The van der Waals surface area contributed by atoms with Crippen molar-refractivity contribution in [1.29, 1.82) is 0 Å². The minimum atomic E-state index is -0.934. The Morgan fingerprint density at radius 3 is 2.56 bits per heavy atom. The van der Waals surface area contributed by atoms with E-state index in [9.17, 15) is 18.4 Å². The van der Waals surface area contributed by atoms with Gasteiger partial charge in [0, 0.05) is 23.2 Å². The molecule has 8 heteroatoms. The number of hydrogen-bond acceptors (Lipinski definition) is 2. The molecule has 3 rings (SSSR count). The summed E-state index contributed by atoms with van der Waals surface area (Å²) in [6.45, 7) is 0.193. The molecular weight excluding hydrogens is 352 g/mol. The summed E-state index contributed by atoms with van der Waals surface area (Å²) >= 11 is 5.75. The van der Waals surface area contributed by atoms with Crippen LogP contribution in [0.15, 0.2) is 42.5 Å². The van der Waals surface area contributed by atoms with Gasteiger partial charge in [-0.3, -0.25) is 4.79 Å². The third-order valence-electron chi connectivity index (χ3n) is 3.93. The second kappa shape index (κ2) is 7.06. The summed E-state index contributed by atoms with van der Waals surface area (Å²) in [6, 6.07) is 7.78. The van der Waals surface area contributed by atoms with Crippen LogP contribution in [0.4, 0.5) is 19.3 Å². The summed E-state index contributed by atoms with van der Waals surface area (Å²) in [5.74, 6) is -1.95. The molecule has 0 aliphatic carbocycles. The van der Waals surface area contributed by atoms with E-state index in [0.717, 1.165) is 6.07 Å². The van der Waals surface area contributed by atoms with Crippen LogP contribution in [0.3, 0.4) is 0 Å². The molecule has 1 saturated heterocycles.